The summed E-state index contributed by atoms with van der Waals surface area (Å²) in [5, 5.41) is 2.97. The van der Waals surface area contributed by atoms with Crippen molar-refractivity contribution in [2.24, 2.45) is 10.7 Å². The van der Waals surface area contributed by atoms with Crippen molar-refractivity contribution in [3.63, 3.8) is 0 Å². The van der Waals surface area contributed by atoms with Crippen LogP contribution in [0.5, 0.6) is 0 Å². The Morgan fingerprint density at radius 1 is 1.21 bits per heavy atom. The van der Waals surface area contributed by atoms with E-state index in [9.17, 15) is 0 Å². The van der Waals surface area contributed by atoms with E-state index >= 15 is 0 Å². The Morgan fingerprint density at radius 2 is 2.04 bits per heavy atom. The minimum atomic E-state index is -0.185. The summed E-state index contributed by atoms with van der Waals surface area (Å²) in [5.41, 5.74) is 9.47. The fraction of sp³-hybridized carbons (Fsp3) is 0.350. The van der Waals surface area contributed by atoms with Gasteiger partial charge in [-0.25, -0.2) is 0 Å². The van der Waals surface area contributed by atoms with Crippen molar-refractivity contribution in [1.29, 1.82) is 0 Å². The molecular formula is C20H20N2S2. The van der Waals surface area contributed by atoms with Gasteiger partial charge in [0.15, 0.2) is 5.17 Å². The minimum Gasteiger partial charge on any atom is -0.378 e. The highest BCUT2D eigenvalue weighted by Gasteiger charge is 2.52. The van der Waals surface area contributed by atoms with Gasteiger partial charge in [0.05, 0.1) is 5.54 Å². The first-order valence-corrected chi connectivity index (χ1v) is 9.88. The van der Waals surface area contributed by atoms with Gasteiger partial charge in [-0.1, -0.05) is 29.8 Å². The molecule has 24 heavy (non-hydrogen) atoms. The molecule has 2 N–H and O–H groups in total. The average molecular weight is 353 g/mol. The van der Waals surface area contributed by atoms with E-state index in [0.29, 0.717) is 4.75 Å². The molecule has 0 radical (unpaired) electrons. The van der Waals surface area contributed by atoms with Gasteiger partial charge in [-0.05, 0) is 67.8 Å². The molecule has 1 unspecified atom stereocenters. The van der Waals surface area contributed by atoms with Crippen molar-refractivity contribution < 1.29 is 0 Å². The molecule has 2 nitrogen and oxygen atoms in total. The van der Waals surface area contributed by atoms with Gasteiger partial charge in [-0.15, -0.1) is 17.3 Å². The summed E-state index contributed by atoms with van der Waals surface area (Å²) in [4.78, 5) is 6.12. The fourth-order valence-corrected chi connectivity index (χ4v) is 5.82. The maximum Gasteiger partial charge on any atom is 0.155 e. The summed E-state index contributed by atoms with van der Waals surface area (Å²) in [7, 11) is 0. The highest BCUT2D eigenvalue weighted by Crippen LogP contribution is 2.59. The van der Waals surface area contributed by atoms with Crippen molar-refractivity contribution in [1.82, 2.24) is 0 Å². The number of thiophene rings is 1. The van der Waals surface area contributed by atoms with Crippen molar-refractivity contribution in [2.45, 2.75) is 43.4 Å². The number of thioether (sulfide) groups is 1. The Labute approximate surface area is 151 Å². The summed E-state index contributed by atoms with van der Waals surface area (Å²) in [6, 6.07) is 10.7. The Morgan fingerprint density at radius 3 is 2.79 bits per heavy atom. The quantitative estimate of drug-likeness (QED) is 0.774. The molecule has 1 atom stereocenters. The molecule has 1 saturated carbocycles. The molecule has 1 aliphatic heterocycles. The van der Waals surface area contributed by atoms with Crippen LogP contribution in [0.15, 0.2) is 40.7 Å². The van der Waals surface area contributed by atoms with Gasteiger partial charge in [0.25, 0.3) is 0 Å². The van der Waals surface area contributed by atoms with Gasteiger partial charge in [0.1, 0.15) is 0 Å². The zero-order valence-corrected chi connectivity index (χ0v) is 15.6. The first-order chi connectivity index (χ1) is 11.5. The number of nitrogens with zero attached hydrogens (tertiary/aromatic N) is 1. The molecule has 2 aromatic rings. The molecule has 4 rings (SSSR count). The molecule has 2 heterocycles. The second-order valence-corrected chi connectivity index (χ2v) is 9.24. The Balaban J connectivity index is 1.68. The first kappa shape index (κ1) is 15.8. The van der Waals surface area contributed by atoms with Crippen molar-refractivity contribution >= 4 is 28.3 Å². The fourth-order valence-electron chi connectivity index (χ4n) is 3.44. The molecule has 1 aromatic carbocycles. The van der Waals surface area contributed by atoms with Crippen LogP contribution in [0.2, 0.25) is 0 Å². The molecule has 0 saturated heterocycles. The summed E-state index contributed by atoms with van der Waals surface area (Å²) in [5.74, 6) is 6.10. The SMILES string of the molecule is CC#Cc1cccc(-c2csc(C3(C)CC4(CC4)SC(N)=N3)c2)c1. The van der Waals surface area contributed by atoms with Gasteiger partial charge in [0.2, 0.25) is 0 Å². The second-order valence-electron chi connectivity index (χ2n) is 6.84. The number of hydrogen-bond donors (Lipinski definition) is 1. The zero-order chi connectivity index (χ0) is 16.8. The number of amidine groups is 1. The van der Waals surface area contributed by atoms with Crippen LogP contribution >= 0.6 is 23.1 Å². The highest BCUT2D eigenvalue weighted by atomic mass is 32.2. The molecule has 0 amide bonds. The summed E-state index contributed by atoms with van der Waals surface area (Å²) in [6.07, 6.45) is 3.62. The van der Waals surface area contributed by atoms with Crippen molar-refractivity contribution in [2.75, 3.05) is 0 Å². The van der Waals surface area contributed by atoms with Crippen LogP contribution in [0, 0.1) is 11.8 Å². The number of rotatable bonds is 2. The molecule has 4 heteroatoms. The molecule has 1 fully saturated rings. The Bertz CT molecular complexity index is 880. The zero-order valence-electron chi connectivity index (χ0n) is 13.9. The van der Waals surface area contributed by atoms with Crippen LogP contribution in [0.1, 0.15) is 43.6 Å². The smallest absolute Gasteiger partial charge is 0.155 e. The standard InChI is InChI=1S/C20H20N2S2/c1-3-5-14-6-4-7-15(10-14)16-11-17(23-12-16)19(2)13-20(8-9-20)24-18(21)22-19/h4,6-7,10-12H,8-9,13H2,1-2H3,(H2,21,22). The maximum atomic E-state index is 6.14. The third-order valence-corrected chi connectivity index (χ3v) is 7.22. The topological polar surface area (TPSA) is 38.4 Å². The number of hydrogen-bond acceptors (Lipinski definition) is 4. The van der Waals surface area contributed by atoms with Crippen LogP contribution < -0.4 is 5.73 Å². The Hall–Kier alpha value is -1.70. The van der Waals surface area contributed by atoms with E-state index in [4.69, 9.17) is 10.7 Å². The van der Waals surface area contributed by atoms with Crippen molar-refractivity contribution in [3.05, 3.63) is 46.2 Å². The molecule has 2 aliphatic rings. The van der Waals surface area contributed by atoms with E-state index < -0.39 is 0 Å². The molecule has 1 aliphatic carbocycles. The van der Waals surface area contributed by atoms with E-state index in [-0.39, 0.29) is 5.54 Å². The van der Waals surface area contributed by atoms with E-state index in [1.54, 1.807) is 23.1 Å². The third-order valence-electron chi connectivity index (χ3n) is 4.75. The molecule has 0 bridgehead atoms. The predicted octanol–water partition coefficient (Wildman–Crippen LogP) is 4.99. The van der Waals surface area contributed by atoms with Gasteiger partial charge in [-0.3, -0.25) is 4.99 Å². The Kier molecular flexibility index (Phi) is 3.74. The summed E-state index contributed by atoms with van der Waals surface area (Å²) >= 11 is 3.57. The molecule has 1 aromatic heterocycles. The van der Waals surface area contributed by atoms with Crippen LogP contribution in [-0.2, 0) is 5.54 Å². The highest BCUT2D eigenvalue weighted by molar-refractivity contribution is 8.15. The van der Waals surface area contributed by atoms with Crippen molar-refractivity contribution in [3.8, 4) is 23.0 Å². The molecule has 122 valence electrons. The minimum absolute atomic E-state index is 0.185. The number of aliphatic imine (C=N–C) groups is 1. The largest absolute Gasteiger partial charge is 0.378 e. The summed E-state index contributed by atoms with van der Waals surface area (Å²) in [6.45, 7) is 4.10. The lowest BCUT2D eigenvalue weighted by Gasteiger charge is -2.33. The van der Waals surface area contributed by atoms with Crippen LogP contribution in [0.3, 0.4) is 0 Å². The lowest BCUT2D eigenvalue weighted by atomic mass is 9.92. The lowest BCUT2D eigenvalue weighted by Crippen LogP contribution is -2.33. The van der Waals surface area contributed by atoms with E-state index in [2.05, 4.69) is 54.5 Å². The van der Waals surface area contributed by atoms with Crippen LogP contribution in [0.25, 0.3) is 11.1 Å². The monoisotopic (exact) mass is 352 g/mol. The number of benzene rings is 1. The van der Waals surface area contributed by atoms with Gasteiger partial charge in [0, 0.05) is 15.2 Å². The second kappa shape index (κ2) is 5.68. The number of nitrogens with two attached hydrogens (primary N) is 1. The maximum absolute atomic E-state index is 6.14. The molecule has 1 spiro atoms. The first-order valence-electron chi connectivity index (χ1n) is 8.19. The predicted molar refractivity (Wildman–Crippen MR) is 105 cm³/mol. The van der Waals surface area contributed by atoms with Crippen LogP contribution in [-0.4, -0.2) is 9.91 Å². The molecular weight excluding hydrogens is 332 g/mol. The van der Waals surface area contributed by atoms with E-state index in [1.807, 2.05) is 6.92 Å². The third kappa shape index (κ3) is 2.87. The van der Waals surface area contributed by atoms with Crippen LogP contribution in [0.4, 0.5) is 0 Å². The normalized spacial score (nSPS) is 24.2. The summed E-state index contributed by atoms with van der Waals surface area (Å²) < 4.78 is 0.349. The average Bonchev–Trinajstić information content (AvgIpc) is 3.08. The van der Waals surface area contributed by atoms with E-state index in [0.717, 1.165) is 17.2 Å². The van der Waals surface area contributed by atoms with E-state index in [1.165, 1.54) is 28.8 Å². The lowest BCUT2D eigenvalue weighted by molar-refractivity contribution is 0.447. The van der Waals surface area contributed by atoms with Gasteiger partial charge in [-0.2, -0.15) is 0 Å². The van der Waals surface area contributed by atoms with Gasteiger partial charge >= 0.3 is 0 Å². The van der Waals surface area contributed by atoms with Gasteiger partial charge < -0.3 is 5.73 Å².